The molecular weight excluding hydrogens is 216 g/mol. The second-order valence-electron chi connectivity index (χ2n) is 7.27. The van der Waals surface area contributed by atoms with Crippen molar-refractivity contribution in [2.75, 3.05) is 0 Å². The molecular formula is C18H36. The maximum Gasteiger partial charge on any atom is -0.0386 e. The highest BCUT2D eigenvalue weighted by Crippen LogP contribution is 2.37. The molecule has 0 saturated heterocycles. The van der Waals surface area contributed by atoms with Gasteiger partial charge in [0.15, 0.2) is 0 Å². The van der Waals surface area contributed by atoms with Gasteiger partial charge in [-0.15, -0.1) is 0 Å². The molecule has 0 heteroatoms. The van der Waals surface area contributed by atoms with Crippen molar-refractivity contribution in [3.63, 3.8) is 0 Å². The quantitative estimate of drug-likeness (QED) is 0.436. The first kappa shape index (κ1) is 16.1. The van der Waals surface area contributed by atoms with Crippen LogP contribution < -0.4 is 0 Å². The highest BCUT2D eigenvalue weighted by molar-refractivity contribution is 4.76. The SMILES string of the molecule is CC(C)CCCCCCCC1CCCC(C)C1C. The van der Waals surface area contributed by atoms with E-state index < -0.39 is 0 Å². The number of unbranched alkanes of at least 4 members (excludes halogenated alkanes) is 4. The summed E-state index contributed by atoms with van der Waals surface area (Å²) in [5, 5.41) is 0. The summed E-state index contributed by atoms with van der Waals surface area (Å²) in [6.45, 7) is 9.64. The van der Waals surface area contributed by atoms with Crippen LogP contribution in [0.5, 0.6) is 0 Å². The van der Waals surface area contributed by atoms with Crippen LogP contribution in [0.25, 0.3) is 0 Å². The first-order valence-electron chi connectivity index (χ1n) is 8.61. The van der Waals surface area contributed by atoms with Crippen molar-refractivity contribution in [3.05, 3.63) is 0 Å². The molecule has 0 nitrogen and oxygen atoms in total. The topological polar surface area (TPSA) is 0 Å². The van der Waals surface area contributed by atoms with E-state index in [1.165, 1.54) is 64.2 Å². The summed E-state index contributed by atoms with van der Waals surface area (Å²) >= 11 is 0. The van der Waals surface area contributed by atoms with Gasteiger partial charge in [-0.05, 0) is 23.7 Å². The molecule has 1 aliphatic rings. The van der Waals surface area contributed by atoms with Crippen molar-refractivity contribution >= 4 is 0 Å². The van der Waals surface area contributed by atoms with Crippen molar-refractivity contribution in [1.29, 1.82) is 0 Å². The van der Waals surface area contributed by atoms with Crippen molar-refractivity contribution in [2.45, 2.75) is 91.9 Å². The summed E-state index contributed by atoms with van der Waals surface area (Å²) in [4.78, 5) is 0. The molecule has 0 aromatic rings. The second-order valence-corrected chi connectivity index (χ2v) is 7.27. The Bertz CT molecular complexity index is 194. The lowest BCUT2D eigenvalue weighted by atomic mass is 9.72. The monoisotopic (exact) mass is 252 g/mol. The van der Waals surface area contributed by atoms with Gasteiger partial charge in [-0.25, -0.2) is 0 Å². The fourth-order valence-electron chi connectivity index (χ4n) is 3.59. The Balaban J connectivity index is 1.97. The summed E-state index contributed by atoms with van der Waals surface area (Å²) in [5.74, 6) is 3.91. The standard InChI is InChI=1S/C18H36/c1-15(2)11-8-6-5-7-9-13-18-14-10-12-16(3)17(18)4/h15-18H,5-14H2,1-4H3. The van der Waals surface area contributed by atoms with Crippen LogP contribution in [0.3, 0.4) is 0 Å². The van der Waals surface area contributed by atoms with Crippen LogP contribution in [0.1, 0.15) is 91.9 Å². The molecule has 3 atom stereocenters. The zero-order valence-electron chi connectivity index (χ0n) is 13.4. The van der Waals surface area contributed by atoms with Gasteiger partial charge >= 0.3 is 0 Å². The van der Waals surface area contributed by atoms with Gasteiger partial charge < -0.3 is 0 Å². The van der Waals surface area contributed by atoms with Crippen LogP contribution in [-0.2, 0) is 0 Å². The van der Waals surface area contributed by atoms with Gasteiger partial charge in [-0.3, -0.25) is 0 Å². The maximum atomic E-state index is 2.50. The van der Waals surface area contributed by atoms with Gasteiger partial charge in [0.2, 0.25) is 0 Å². The fraction of sp³-hybridized carbons (Fsp3) is 1.00. The predicted molar refractivity (Wildman–Crippen MR) is 82.8 cm³/mol. The average Bonchev–Trinajstić information content (AvgIpc) is 2.32. The summed E-state index contributed by atoms with van der Waals surface area (Å²) < 4.78 is 0. The van der Waals surface area contributed by atoms with Crippen molar-refractivity contribution in [1.82, 2.24) is 0 Å². The van der Waals surface area contributed by atoms with Crippen LogP contribution in [0, 0.1) is 23.7 Å². The van der Waals surface area contributed by atoms with E-state index >= 15 is 0 Å². The number of hydrogen-bond acceptors (Lipinski definition) is 0. The normalized spacial score (nSPS) is 28.8. The van der Waals surface area contributed by atoms with Crippen LogP contribution >= 0.6 is 0 Å². The Morgan fingerprint density at radius 3 is 2.28 bits per heavy atom. The molecule has 0 radical (unpaired) electrons. The molecule has 18 heavy (non-hydrogen) atoms. The molecule has 108 valence electrons. The number of rotatable bonds is 8. The smallest absolute Gasteiger partial charge is 0.0386 e. The first-order chi connectivity index (χ1) is 8.61. The Hall–Kier alpha value is 0. The third kappa shape index (κ3) is 6.25. The highest BCUT2D eigenvalue weighted by Gasteiger charge is 2.26. The summed E-state index contributed by atoms with van der Waals surface area (Å²) in [6.07, 6.45) is 14.8. The molecule has 0 bridgehead atoms. The molecule has 0 heterocycles. The van der Waals surface area contributed by atoms with E-state index in [-0.39, 0.29) is 0 Å². The van der Waals surface area contributed by atoms with Crippen molar-refractivity contribution in [2.24, 2.45) is 23.7 Å². The number of hydrogen-bond donors (Lipinski definition) is 0. The van der Waals surface area contributed by atoms with Crippen LogP contribution in [0.4, 0.5) is 0 Å². The lowest BCUT2D eigenvalue weighted by Crippen LogP contribution is -2.23. The van der Waals surface area contributed by atoms with Crippen molar-refractivity contribution in [3.8, 4) is 0 Å². The van der Waals surface area contributed by atoms with Gasteiger partial charge in [0, 0.05) is 0 Å². The molecule has 0 aliphatic heterocycles. The summed E-state index contributed by atoms with van der Waals surface area (Å²) in [6, 6.07) is 0. The zero-order chi connectivity index (χ0) is 13.4. The predicted octanol–water partition coefficient (Wildman–Crippen LogP) is 6.45. The molecule has 3 unspecified atom stereocenters. The van der Waals surface area contributed by atoms with E-state index in [0.29, 0.717) is 0 Å². The summed E-state index contributed by atoms with van der Waals surface area (Å²) in [5.41, 5.74) is 0. The first-order valence-corrected chi connectivity index (χ1v) is 8.61. The lowest BCUT2D eigenvalue weighted by Gasteiger charge is -2.34. The van der Waals surface area contributed by atoms with Gasteiger partial charge in [0.1, 0.15) is 0 Å². The minimum atomic E-state index is 0.898. The maximum absolute atomic E-state index is 2.50. The van der Waals surface area contributed by atoms with Gasteiger partial charge in [0.05, 0.1) is 0 Å². The second kappa shape index (κ2) is 8.99. The third-order valence-corrected chi connectivity index (χ3v) is 5.23. The van der Waals surface area contributed by atoms with E-state index in [1.807, 2.05) is 0 Å². The molecule has 1 aliphatic carbocycles. The van der Waals surface area contributed by atoms with Crippen LogP contribution in [0.15, 0.2) is 0 Å². The molecule has 1 rings (SSSR count). The Morgan fingerprint density at radius 2 is 1.56 bits per heavy atom. The molecule has 1 fully saturated rings. The molecule has 0 aromatic carbocycles. The Kier molecular flexibility index (Phi) is 8.02. The lowest BCUT2D eigenvalue weighted by molar-refractivity contribution is 0.169. The fourth-order valence-corrected chi connectivity index (χ4v) is 3.59. The Labute approximate surface area is 116 Å². The highest BCUT2D eigenvalue weighted by atomic mass is 14.3. The van der Waals surface area contributed by atoms with E-state index in [4.69, 9.17) is 0 Å². The van der Waals surface area contributed by atoms with Gasteiger partial charge in [-0.2, -0.15) is 0 Å². The molecule has 0 aromatic heterocycles. The molecule has 1 saturated carbocycles. The van der Waals surface area contributed by atoms with Crippen molar-refractivity contribution < 1.29 is 0 Å². The van der Waals surface area contributed by atoms with E-state index in [9.17, 15) is 0 Å². The van der Waals surface area contributed by atoms with Crippen LogP contribution in [0.2, 0.25) is 0 Å². The third-order valence-electron chi connectivity index (χ3n) is 5.23. The average molecular weight is 252 g/mol. The van der Waals surface area contributed by atoms with Gasteiger partial charge in [0.25, 0.3) is 0 Å². The minimum Gasteiger partial charge on any atom is -0.0628 e. The van der Waals surface area contributed by atoms with E-state index in [1.54, 1.807) is 0 Å². The van der Waals surface area contributed by atoms with E-state index in [0.717, 1.165) is 23.7 Å². The zero-order valence-corrected chi connectivity index (χ0v) is 13.4. The molecule has 0 N–H and O–H groups in total. The molecule has 0 spiro atoms. The largest absolute Gasteiger partial charge is 0.0628 e. The van der Waals surface area contributed by atoms with Gasteiger partial charge in [-0.1, -0.05) is 91.9 Å². The van der Waals surface area contributed by atoms with E-state index in [2.05, 4.69) is 27.7 Å². The van der Waals surface area contributed by atoms with Crippen LogP contribution in [-0.4, -0.2) is 0 Å². The molecule has 0 amide bonds. The minimum absolute atomic E-state index is 0.898. The summed E-state index contributed by atoms with van der Waals surface area (Å²) in [7, 11) is 0. The Morgan fingerprint density at radius 1 is 0.889 bits per heavy atom.